The van der Waals surface area contributed by atoms with E-state index in [1.807, 2.05) is 0 Å². The Labute approximate surface area is 152 Å². The molecule has 0 aromatic heterocycles. The molecule has 2 aliphatic heterocycles. The van der Waals surface area contributed by atoms with Crippen molar-refractivity contribution in [3.63, 3.8) is 0 Å². The summed E-state index contributed by atoms with van der Waals surface area (Å²) in [4.78, 5) is 17.3. The van der Waals surface area contributed by atoms with Crippen molar-refractivity contribution in [1.29, 1.82) is 0 Å². The van der Waals surface area contributed by atoms with E-state index in [0.717, 1.165) is 44.9 Å². The standard InChI is InChI=1S/C21H33N3O/c1-16-6-4-13-24(14-16)20-10-8-18(9-11-20)17(2)22-21(25)19-7-5-12-23(3)15-19/h8-11,16-17,19H,4-7,12-15H2,1-3H3,(H,22,25)/t16-,17+,19+/m1/s1. The van der Waals surface area contributed by atoms with E-state index < -0.39 is 0 Å². The van der Waals surface area contributed by atoms with Crippen molar-refractivity contribution < 1.29 is 4.79 Å². The molecule has 0 bridgehead atoms. The van der Waals surface area contributed by atoms with Crippen LogP contribution in [0.3, 0.4) is 0 Å². The number of piperidine rings is 2. The number of carbonyl (C=O) groups is 1. The monoisotopic (exact) mass is 343 g/mol. The van der Waals surface area contributed by atoms with Crippen molar-refractivity contribution in [3.05, 3.63) is 29.8 Å². The lowest BCUT2D eigenvalue weighted by Crippen LogP contribution is -2.42. The van der Waals surface area contributed by atoms with Crippen LogP contribution in [0.4, 0.5) is 5.69 Å². The lowest BCUT2D eigenvalue weighted by Gasteiger charge is -2.33. The first-order valence-electron chi connectivity index (χ1n) is 9.86. The summed E-state index contributed by atoms with van der Waals surface area (Å²) in [6.07, 6.45) is 4.75. The van der Waals surface area contributed by atoms with Gasteiger partial charge in [-0.05, 0) is 69.8 Å². The zero-order chi connectivity index (χ0) is 17.8. The highest BCUT2D eigenvalue weighted by molar-refractivity contribution is 5.79. The summed E-state index contributed by atoms with van der Waals surface area (Å²) in [5, 5.41) is 3.21. The second kappa shape index (κ2) is 8.22. The van der Waals surface area contributed by atoms with E-state index in [1.165, 1.54) is 24.1 Å². The molecule has 2 fully saturated rings. The molecule has 4 heteroatoms. The topological polar surface area (TPSA) is 35.6 Å². The number of rotatable bonds is 4. The Hall–Kier alpha value is -1.55. The molecule has 138 valence electrons. The number of anilines is 1. The number of carbonyl (C=O) groups excluding carboxylic acids is 1. The summed E-state index contributed by atoms with van der Waals surface area (Å²) >= 11 is 0. The molecule has 1 aromatic rings. The fourth-order valence-corrected chi connectivity index (χ4v) is 4.19. The SMILES string of the molecule is C[C@@H]1CCCN(c2ccc([C@H](C)NC(=O)[C@H]3CCCN(C)C3)cc2)C1. The van der Waals surface area contributed by atoms with Crippen molar-refractivity contribution in [2.45, 2.75) is 45.6 Å². The molecule has 1 amide bonds. The number of amides is 1. The van der Waals surface area contributed by atoms with Crippen LogP contribution in [0.25, 0.3) is 0 Å². The van der Waals surface area contributed by atoms with Crippen LogP contribution < -0.4 is 10.2 Å². The van der Waals surface area contributed by atoms with Crippen molar-refractivity contribution in [2.24, 2.45) is 11.8 Å². The van der Waals surface area contributed by atoms with E-state index in [4.69, 9.17) is 0 Å². The molecule has 1 aromatic carbocycles. The van der Waals surface area contributed by atoms with Crippen LogP contribution in [0.15, 0.2) is 24.3 Å². The summed E-state index contributed by atoms with van der Waals surface area (Å²) in [7, 11) is 2.10. The second-order valence-electron chi connectivity index (χ2n) is 8.12. The Morgan fingerprint density at radius 3 is 2.52 bits per heavy atom. The molecule has 0 radical (unpaired) electrons. The number of likely N-dealkylation sites (tertiary alicyclic amines) is 1. The molecule has 2 heterocycles. The summed E-state index contributed by atoms with van der Waals surface area (Å²) in [6, 6.07) is 8.84. The van der Waals surface area contributed by atoms with E-state index in [-0.39, 0.29) is 17.9 Å². The number of hydrogen-bond donors (Lipinski definition) is 1. The van der Waals surface area contributed by atoms with Crippen LogP contribution in [0.5, 0.6) is 0 Å². The molecule has 3 rings (SSSR count). The summed E-state index contributed by atoms with van der Waals surface area (Å²) in [5.74, 6) is 1.11. The fourth-order valence-electron chi connectivity index (χ4n) is 4.19. The maximum atomic E-state index is 12.5. The van der Waals surface area contributed by atoms with Gasteiger partial charge in [0.15, 0.2) is 0 Å². The van der Waals surface area contributed by atoms with Crippen LogP contribution in [0.2, 0.25) is 0 Å². The first kappa shape index (κ1) is 18.2. The van der Waals surface area contributed by atoms with Crippen molar-refractivity contribution in [2.75, 3.05) is 38.1 Å². The molecule has 2 aliphatic rings. The zero-order valence-electron chi connectivity index (χ0n) is 16.0. The quantitative estimate of drug-likeness (QED) is 0.910. The van der Waals surface area contributed by atoms with Gasteiger partial charge >= 0.3 is 0 Å². The molecule has 1 N–H and O–H groups in total. The van der Waals surface area contributed by atoms with Gasteiger partial charge in [-0.15, -0.1) is 0 Å². The van der Waals surface area contributed by atoms with Gasteiger partial charge in [-0.3, -0.25) is 4.79 Å². The maximum absolute atomic E-state index is 12.5. The average molecular weight is 344 g/mol. The molecular formula is C21H33N3O. The lowest BCUT2D eigenvalue weighted by atomic mass is 9.96. The number of hydrogen-bond acceptors (Lipinski definition) is 3. The molecule has 4 nitrogen and oxygen atoms in total. The molecule has 3 atom stereocenters. The normalized spacial score (nSPS) is 26.3. The van der Waals surface area contributed by atoms with Crippen LogP contribution >= 0.6 is 0 Å². The molecule has 0 spiro atoms. The summed E-state index contributed by atoms with van der Waals surface area (Å²) in [6.45, 7) is 8.72. The van der Waals surface area contributed by atoms with Gasteiger partial charge in [0.2, 0.25) is 5.91 Å². The maximum Gasteiger partial charge on any atom is 0.224 e. The number of nitrogens with one attached hydrogen (secondary N) is 1. The van der Waals surface area contributed by atoms with E-state index in [9.17, 15) is 4.79 Å². The van der Waals surface area contributed by atoms with Crippen LogP contribution in [-0.4, -0.2) is 44.0 Å². The molecule has 25 heavy (non-hydrogen) atoms. The minimum atomic E-state index is 0.0639. The Morgan fingerprint density at radius 2 is 1.84 bits per heavy atom. The molecule has 0 aliphatic carbocycles. The number of benzene rings is 1. The predicted octanol–water partition coefficient (Wildman–Crippen LogP) is 3.44. The smallest absolute Gasteiger partial charge is 0.224 e. The Kier molecular flexibility index (Phi) is 6.00. The van der Waals surface area contributed by atoms with Gasteiger partial charge in [0, 0.05) is 25.3 Å². The van der Waals surface area contributed by atoms with Gasteiger partial charge in [-0.2, -0.15) is 0 Å². The predicted molar refractivity (Wildman–Crippen MR) is 104 cm³/mol. The molecule has 2 saturated heterocycles. The Balaban J connectivity index is 1.57. The van der Waals surface area contributed by atoms with Crippen LogP contribution in [0.1, 0.15) is 51.1 Å². The second-order valence-corrected chi connectivity index (χ2v) is 8.12. The third-order valence-electron chi connectivity index (χ3n) is 5.77. The highest BCUT2D eigenvalue weighted by atomic mass is 16.2. The lowest BCUT2D eigenvalue weighted by molar-refractivity contribution is -0.127. The summed E-state index contributed by atoms with van der Waals surface area (Å²) < 4.78 is 0. The van der Waals surface area contributed by atoms with Gasteiger partial charge in [-0.25, -0.2) is 0 Å². The van der Waals surface area contributed by atoms with Crippen molar-refractivity contribution in [1.82, 2.24) is 10.2 Å². The van der Waals surface area contributed by atoms with Gasteiger partial charge < -0.3 is 15.1 Å². The minimum absolute atomic E-state index is 0.0639. The third-order valence-corrected chi connectivity index (χ3v) is 5.77. The minimum Gasteiger partial charge on any atom is -0.371 e. The van der Waals surface area contributed by atoms with Gasteiger partial charge in [-0.1, -0.05) is 19.1 Å². The average Bonchev–Trinajstić information content (AvgIpc) is 2.62. The molecule has 0 saturated carbocycles. The largest absolute Gasteiger partial charge is 0.371 e. The molecule has 0 unspecified atom stereocenters. The zero-order valence-corrected chi connectivity index (χ0v) is 16.0. The van der Waals surface area contributed by atoms with Crippen LogP contribution in [0, 0.1) is 11.8 Å². The summed E-state index contributed by atoms with van der Waals surface area (Å²) in [5.41, 5.74) is 2.49. The molecular weight excluding hydrogens is 310 g/mol. The number of nitrogens with zero attached hydrogens (tertiary/aromatic N) is 2. The fraction of sp³-hybridized carbons (Fsp3) is 0.667. The van der Waals surface area contributed by atoms with Crippen molar-refractivity contribution >= 4 is 11.6 Å². The van der Waals surface area contributed by atoms with Gasteiger partial charge in [0.1, 0.15) is 0 Å². The highest BCUT2D eigenvalue weighted by Gasteiger charge is 2.25. The van der Waals surface area contributed by atoms with Crippen molar-refractivity contribution in [3.8, 4) is 0 Å². The van der Waals surface area contributed by atoms with E-state index >= 15 is 0 Å². The van der Waals surface area contributed by atoms with E-state index in [2.05, 4.69) is 60.3 Å². The first-order valence-corrected chi connectivity index (χ1v) is 9.86. The van der Waals surface area contributed by atoms with Gasteiger partial charge in [0.05, 0.1) is 12.0 Å². The van der Waals surface area contributed by atoms with E-state index in [1.54, 1.807) is 0 Å². The van der Waals surface area contributed by atoms with Crippen LogP contribution in [-0.2, 0) is 4.79 Å². The highest BCUT2D eigenvalue weighted by Crippen LogP contribution is 2.25. The first-order chi connectivity index (χ1) is 12.0. The third kappa shape index (κ3) is 4.75. The van der Waals surface area contributed by atoms with E-state index in [0.29, 0.717) is 0 Å². The Morgan fingerprint density at radius 1 is 1.12 bits per heavy atom. The van der Waals surface area contributed by atoms with Gasteiger partial charge in [0.25, 0.3) is 0 Å². The Bertz CT molecular complexity index is 571.